The second-order valence-electron chi connectivity index (χ2n) is 4.85. The summed E-state index contributed by atoms with van der Waals surface area (Å²) in [6.45, 7) is 0. The van der Waals surface area contributed by atoms with Gasteiger partial charge in [-0.25, -0.2) is 8.78 Å². The van der Waals surface area contributed by atoms with Crippen molar-refractivity contribution in [2.45, 2.75) is 12.8 Å². The van der Waals surface area contributed by atoms with Crippen LogP contribution >= 0.6 is 11.6 Å². The van der Waals surface area contributed by atoms with Gasteiger partial charge in [0.15, 0.2) is 0 Å². The fourth-order valence-electron chi connectivity index (χ4n) is 2.30. The summed E-state index contributed by atoms with van der Waals surface area (Å²) in [4.78, 5) is 4.52. The van der Waals surface area contributed by atoms with Gasteiger partial charge in [0.05, 0.1) is 10.5 Å². The Morgan fingerprint density at radius 2 is 1.76 bits per heavy atom. The number of fused-ring (bicyclic) bond motifs is 1. The Kier molecular flexibility index (Phi) is 3.84. The lowest BCUT2D eigenvalue weighted by Gasteiger charge is -2.06. The van der Waals surface area contributed by atoms with Crippen molar-refractivity contribution in [1.82, 2.24) is 4.98 Å². The number of benzene rings is 2. The first-order chi connectivity index (χ1) is 10.1. The SMILES string of the molecule is Fc1ccc(CCc2cc(Cl)c3ccccc3n2)c(F)c1. The first kappa shape index (κ1) is 14.0. The van der Waals surface area contributed by atoms with Crippen LogP contribution in [0.15, 0.2) is 48.5 Å². The molecule has 21 heavy (non-hydrogen) atoms. The van der Waals surface area contributed by atoms with Gasteiger partial charge in [-0.1, -0.05) is 35.9 Å². The molecule has 0 spiro atoms. The van der Waals surface area contributed by atoms with E-state index in [0.717, 1.165) is 22.7 Å². The molecule has 0 atom stereocenters. The molecule has 0 amide bonds. The van der Waals surface area contributed by atoms with Gasteiger partial charge in [0, 0.05) is 17.1 Å². The maximum Gasteiger partial charge on any atom is 0.129 e. The van der Waals surface area contributed by atoms with Crippen molar-refractivity contribution in [2.75, 3.05) is 0 Å². The molecule has 0 aliphatic rings. The summed E-state index contributed by atoms with van der Waals surface area (Å²) < 4.78 is 26.5. The molecule has 1 heterocycles. The van der Waals surface area contributed by atoms with Crippen LogP contribution in [0.3, 0.4) is 0 Å². The molecule has 0 saturated carbocycles. The molecule has 0 bridgehead atoms. The van der Waals surface area contributed by atoms with Crippen LogP contribution in [0, 0.1) is 11.6 Å². The van der Waals surface area contributed by atoms with E-state index in [-0.39, 0.29) is 0 Å². The summed E-state index contributed by atoms with van der Waals surface area (Å²) in [5, 5.41) is 1.53. The van der Waals surface area contributed by atoms with Gasteiger partial charge in [0.2, 0.25) is 0 Å². The number of aromatic nitrogens is 1. The number of pyridine rings is 1. The van der Waals surface area contributed by atoms with Crippen molar-refractivity contribution in [1.29, 1.82) is 0 Å². The predicted molar refractivity (Wildman–Crippen MR) is 80.5 cm³/mol. The summed E-state index contributed by atoms with van der Waals surface area (Å²) in [5.74, 6) is -1.09. The van der Waals surface area contributed by atoms with Crippen LogP contribution in [0.4, 0.5) is 8.78 Å². The van der Waals surface area contributed by atoms with Crippen LogP contribution in [0.1, 0.15) is 11.3 Å². The lowest BCUT2D eigenvalue weighted by atomic mass is 10.1. The van der Waals surface area contributed by atoms with Crippen molar-refractivity contribution in [3.05, 3.63) is 76.4 Å². The molecule has 1 nitrogen and oxygen atoms in total. The maximum absolute atomic E-state index is 13.6. The lowest BCUT2D eigenvalue weighted by molar-refractivity contribution is 0.571. The van der Waals surface area contributed by atoms with E-state index in [2.05, 4.69) is 4.98 Å². The monoisotopic (exact) mass is 303 g/mol. The second-order valence-corrected chi connectivity index (χ2v) is 5.26. The van der Waals surface area contributed by atoms with Crippen LogP contribution in [0.2, 0.25) is 5.02 Å². The number of para-hydroxylation sites is 1. The maximum atomic E-state index is 13.6. The fourth-order valence-corrected chi connectivity index (χ4v) is 2.59. The normalized spacial score (nSPS) is 11.0. The highest BCUT2D eigenvalue weighted by Gasteiger charge is 2.07. The standard InChI is InChI=1S/C17H12ClF2N/c18-15-10-13(21-17-4-2-1-3-14(15)17)8-6-11-5-7-12(19)9-16(11)20/h1-5,7,9-10H,6,8H2. The number of hydrogen-bond donors (Lipinski definition) is 0. The molecule has 0 radical (unpaired) electrons. The van der Waals surface area contributed by atoms with E-state index in [1.54, 1.807) is 6.07 Å². The molecule has 0 aliphatic carbocycles. The third-order valence-corrected chi connectivity index (χ3v) is 3.70. The van der Waals surface area contributed by atoms with Crippen molar-refractivity contribution in [2.24, 2.45) is 0 Å². The molecule has 3 aromatic rings. The summed E-state index contributed by atoms with van der Waals surface area (Å²) >= 11 is 6.23. The minimum absolute atomic E-state index is 0.452. The van der Waals surface area contributed by atoms with Crippen molar-refractivity contribution >= 4 is 22.5 Å². The van der Waals surface area contributed by atoms with Crippen LogP contribution < -0.4 is 0 Å². The van der Waals surface area contributed by atoms with E-state index >= 15 is 0 Å². The Balaban J connectivity index is 1.85. The number of aryl methyl sites for hydroxylation is 2. The van der Waals surface area contributed by atoms with E-state index in [0.29, 0.717) is 23.4 Å². The molecule has 1 aromatic heterocycles. The Hall–Kier alpha value is -2.00. The quantitative estimate of drug-likeness (QED) is 0.667. The van der Waals surface area contributed by atoms with Gasteiger partial charge < -0.3 is 0 Å². The zero-order chi connectivity index (χ0) is 14.8. The van der Waals surface area contributed by atoms with E-state index in [4.69, 9.17) is 11.6 Å². The van der Waals surface area contributed by atoms with Gasteiger partial charge in [-0.3, -0.25) is 4.98 Å². The molecular weight excluding hydrogens is 292 g/mol. The highest BCUT2D eigenvalue weighted by molar-refractivity contribution is 6.35. The summed E-state index contributed by atoms with van der Waals surface area (Å²) in [6, 6.07) is 13.0. The number of hydrogen-bond acceptors (Lipinski definition) is 1. The highest BCUT2D eigenvalue weighted by Crippen LogP contribution is 2.23. The van der Waals surface area contributed by atoms with Gasteiger partial charge >= 0.3 is 0 Å². The Labute approximate surface area is 126 Å². The van der Waals surface area contributed by atoms with E-state index in [9.17, 15) is 8.78 Å². The van der Waals surface area contributed by atoms with Crippen LogP contribution in [0.25, 0.3) is 10.9 Å². The van der Waals surface area contributed by atoms with Crippen molar-refractivity contribution in [3.8, 4) is 0 Å². The first-order valence-electron chi connectivity index (χ1n) is 6.61. The molecule has 0 aliphatic heterocycles. The van der Waals surface area contributed by atoms with Crippen LogP contribution in [-0.4, -0.2) is 4.98 Å². The average molecular weight is 304 g/mol. The molecule has 0 saturated heterocycles. The van der Waals surface area contributed by atoms with E-state index in [1.165, 1.54) is 12.1 Å². The third-order valence-electron chi connectivity index (χ3n) is 3.38. The van der Waals surface area contributed by atoms with Gasteiger partial charge in [-0.15, -0.1) is 0 Å². The molecule has 0 fully saturated rings. The first-order valence-corrected chi connectivity index (χ1v) is 6.99. The van der Waals surface area contributed by atoms with Gasteiger partial charge in [-0.05, 0) is 36.6 Å². The summed E-state index contributed by atoms with van der Waals surface area (Å²) in [7, 11) is 0. The minimum Gasteiger partial charge on any atom is -0.253 e. The Bertz CT molecular complexity index is 802. The Morgan fingerprint density at radius 1 is 0.952 bits per heavy atom. The van der Waals surface area contributed by atoms with Crippen molar-refractivity contribution < 1.29 is 8.78 Å². The van der Waals surface area contributed by atoms with Gasteiger partial charge in [-0.2, -0.15) is 0 Å². The molecule has 4 heteroatoms. The van der Waals surface area contributed by atoms with Crippen LogP contribution in [-0.2, 0) is 12.8 Å². The molecule has 0 unspecified atom stereocenters. The van der Waals surface area contributed by atoms with E-state index < -0.39 is 11.6 Å². The summed E-state index contributed by atoms with van der Waals surface area (Å²) in [6.07, 6.45) is 1.00. The minimum atomic E-state index is -0.567. The lowest BCUT2D eigenvalue weighted by Crippen LogP contribution is -1.98. The number of halogens is 3. The molecular formula is C17H12ClF2N. The van der Waals surface area contributed by atoms with Gasteiger partial charge in [0.25, 0.3) is 0 Å². The molecule has 3 rings (SSSR count). The number of rotatable bonds is 3. The zero-order valence-corrected chi connectivity index (χ0v) is 11.9. The topological polar surface area (TPSA) is 12.9 Å². The molecule has 0 N–H and O–H groups in total. The smallest absolute Gasteiger partial charge is 0.129 e. The predicted octanol–water partition coefficient (Wildman–Crippen LogP) is 4.95. The second kappa shape index (κ2) is 5.78. The average Bonchev–Trinajstić information content (AvgIpc) is 2.46. The highest BCUT2D eigenvalue weighted by atomic mass is 35.5. The summed E-state index contributed by atoms with van der Waals surface area (Å²) in [5.41, 5.74) is 2.09. The number of nitrogens with zero attached hydrogens (tertiary/aromatic N) is 1. The Morgan fingerprint density at radius 3 is 2.57 bits per heavy atom. The van der Waals surface area contributed by atoms with Crippen LogP contribution in [0.5, 0.6) is 0 Å². The largest absolute Gasteiger partial charge is 0.253 e. The van der Waals surface area contributed by atoms with Crippen molar-refractivity contribution in [3.63, 3.8) is 0 Å². The zero-order valence-electron chi connectivity index (χ0n) is 11.1. The fraction of sp³-hybridized carbons (Fsp3) is 0.118. The van der Waals surface area contributed by atoms with Gasteiger partial charge in [0.1, 0.15) is 11.6 Å². The van der Waals surface area contributed by atoms with E-state index in [1.807, 2.05) is 24.3 Å². The third kappa shape index (κ3) is 3.03. The molecule has 2 aromatic carbocycles. The molecule has 106 valence electrons.